The largest absolute Gasteiger partial charge is 0.432 e. The lowest BCUT2D eigenvalue weighted by Crippen LogP contribution is -2.37. The van der Waals surface area contributed by atoms with Gasteiger partial charge >= 0.3 is 6.11 Å². The van der Waals surface area contributed by atoms with Crippen LogP contribution in [0.4, 0.5) is 13.2 Å². The average molecular weight is 350 g/mol. The van der Waals surface area contributed by atoms with E-state index in [2.05, 4.69) is 6.92 Å². The molecule has 0 radical (unpaired) electrons. The molecule has 3 rings (SSSR count). The van der Waals surface area contributed by atoms with Crippen molar-refractivity contribution in [1.29, 1.82) is 0 Å². The third-order valence-corrected chi connectivity index (χ3v) is 5.51. The second-order valence-electron chi connectivity index (χ2n) is 7.10. The molecule has 136 valence electrons. The number of aryl methyl sites for hydroxylation is 1. The van der Waals surface area contributed by atoms with Gasteiger partial charge in [0.1, 0.15) is 11.6 Å². The minimum Gasteiger partial charge on any atom is -0.432 e. The van der Waals surface area contributed by atoms with E-state index in [1.54, 1.807) is 18.2 Å². The van der Waals surface area contributed by atoms with E-state index in [1.807, 2.05) is 6.92 Å². The van der Waals surface area contributed by atoms with Crippen LogP contribution in [0.3, 0.4) is 0 Å². The molecular weight excluding hydrogens is 325 g/mol. The number of hydrogen-bond acceptors (Lipinski definition) is 1. The molecule has 4 heteroatoms. The highest BCUT2D eigenvalue weighted by Crippen LogP contribution is 2.41. The van der Waals surface area contributed by atoms with Crippen molar-refractivity contribution >= 4 is 10.8 Å². The molecule has 0 unspecified atom stereocenters. The van der Waals surface area contributed by atoms with Crippen LogP contribution in [0.5, 0.6) is 5.75 Å². The molecule has 0 aliphatic heterocycles. The highest BCUT2D eigenvalue weighted by atomic mass is 19.3. The predicted octanol–water partition coefficient (Wildman–Crippen LogP) is 6.73. The molecule has 0 bridgehead atoms. The molecule has 1 saturated carbocycles. The molecule has 0 N–H and O–H groups in total. The summed E-state index contributed by atoms with van der Waals surface area (Å²) in [6.07, 6.45) is 1.12. The molecule has 0 aromatic heterocycles. The monoisotopic (exact) mass is 350 g/mol. The van der Waals surface area contributed by atoms with Gasteiger partial charge in [-0.3, -0.25) is 0 Å². The summed E-state index contributed by atoms with van der Waals surface area (Å²) in [4.78, 5) is 0. The molecule has 1 aliphatic rings. The van der Waals surface area contributed by atoms with Crippen molar-refractivity contribution in [1.82, 2.24) is 0 Å². The van der Waals surface area contributed by atoms with Gasteiger partial charge in [0, 0.05) is 0 Å². The number of fused-ring (bicyclic) bond motifs is 1. The molecular formula is C21H25F3O. The number of hydrogen-bond donors (Lipinski definition) is 0. The van der Waals surface area contributed by atoms with E-state index in [1.165, 1.54) is 12.1 Å². The zero-order valence-corrected chi connectivity index (χ0v) is 14.8. The Bertz CT molecular complexity index is 733. The van der Waals surface area contributed by atoms with Gasteiger partial charge in [-0.2, -0.15) is 8.78 Å². The molecule has 0 spiro atoms. The summed E-state index contributed by atoms with van der Waals surface area (Å²) in [5.41, 5.74) is 0.624. The van der Waals surface area contributed by atoms with E-state index in [9.17, 15) is 13.2 Å². The maximum Gasteiger partial charge on any atom is 0.400 e. The van der Waals surface area contributed by atoms with Crippen LogP contribution >= 0.6 is 0 Å². The van der Waals surface area contributed by atoms with Crippen molar-refractivity contribution in [2.75, 3.05) is 0 Å². The first kappa shape index (κ1) is 18.1. The van der Waals surface area contributed by atoms with Gasteiger partial charge in [0.15, 0.2) is 0 Å². The van der Waals surface area contributed by atoms with Gasteiger partial charge in [-0.05, 0) is 78.6 Å². The van der Waals surface area contributed by atoms with Crippen LogP contribution in [-0.2, 0) is 6.42 Å². The third kappa shape index (κ3) is 3.94. The Balaban J connectivity index is 1.77. The fourth-order valence-electron chi connectivity index (χ4n) is 3.78. The SMILES string of the molecule is CCc1cc2ccc(OC(F)(F)C3CCC(CC)CC3)cc2cc1F. The first-order chi connectivity index (χ1) is 11.9. The minimum absolute atomic E-state index is 0.0961. The lowest BCUT2D eigenvalue weighted by molar-refractivity contribution is -0.223. The van der Waals surface area contributed by atoms with E-state index in [0.717, 1.165) is 24.6 Å². The van der Waals surface area contributed by atoms with E-state index >= 15 is 0 Å². The maximum absolute atomic E-state index is 14.5. The van der Waals surface area contributed by atoms with Crippen molar-refractivity contribution in [3.05, 3.63) is 41.7 Å². The molecule has 25 heavy (non-hydrogen) atoms. The van der Waals surface area contributed by atoms with Crippen LogP contribution in [-0.4, -0.2) is 6.11 Å². The van der Waals surface area contributed by atoms with Crippen molar-refractivity contribution in [3.63, 3.8) is 0 Å². The smallest absolute Gasteiger partial charge is 0.400 e. The number of benzene rings is 2. The maximum atomic E-state index is 14.5. The Hall–Kier alpha value is -1.71. The zero-order chi connectivity index (χ0) is 18.0. The number of ether oxygens (including phenoxy) is 1. The van der Waals surface area contributed by atoms with Crippen LogP contribution < -0.4 is 4.74 Å². The quantitative estimate of drug-likeness (QED) is 0.581. The van der Waals surface area contributed by atoms with Crippen LogP contribution in [0.2, 0.25) is 0 Å². The number of rotatable bonds is 5. The average Bonchev–Trinajstić information content (AvgIpc) is 2.60. The summed E-state index contributed by atoms with van der Waals surface area (Å²) in [5.74, 6) is -0.399. The topological polar surface area (TPSA) is 9.23 Å². The highest BCUT2D eigenvalue weighted by molar-refractivity contribution is 5.84. The fourth-order valence-corrected chi connectivity index (χ4v) is 3.78. The summed E-state index contributed by atoms with van der Waals surface area (Å²) >= 11 is 0. The summed E-state index contributed by atoms with van der Waals surface area (Å²) in [6, 6.07) is 7.92. The minimum atomic E-state index is -3.19. The second kappa shape index (κ2) is 7.27. The molecule has 0 atom stereocenters. The van der Waals surface area contributed by atoms with Crippen molar-refractivity contribution in [2.45, 2.75) is 58.5 Å². The van der Waals surface area contributed by atoms with Crippen LogP contribution in [0.25, 0.3) is 10.8 Å². The van der Waals surface area contributed by atoms with Gasteiger partial charge in [0.2, 0.25) is 0 Å². The Morgan fingerprint density at radius 3 is 2.36 bits per heavy atom. The number of alkyl halides is 2. The van der Waals surface area contributed by atoms with E-state index in [4.69, 9.17) is 4.74 Å². The van der Waals surface area contributed by atoms with Crippen molar-refractivity contribution < 1.29 is 17.9 Å². The molecule has 0 saturated heterocycles. The van der Waals surface area contributed by atoms with Gasteiger partial charge in [0.05, 0.1) is 5.92 Å². The normalized spacial score (nSPS) is 21.5. The lowest BCUT2D eigenvalue weighted by atomic mass is 9.80. The van der Waals surface area contributed by atoms with Gasteiger partial charge in [-0.1, -0.05) is 26.3 Å². The van der Waals surface area contributed by atoms with E-state index in [-0.39, 0.29) is 11.6 Å². The molecule has 0 heterocycles. The first-order valence-corrected chi connectivity index (χ1v) is 9.22. The standard InChI is InChI=1S/C21H25F3O/c1-3-14-5-8-18(9-6-14)21(23,24)25-19-10-7-16-11-15(4-2)20(22)13-17(16)12-19/h7,10-14,18H,3-6,8-9H2,1-2H3. The highest BCUT2D eigenvalue weighted by Gasteiger charge is 2.43. The van der Waals surface area contributed by atoms with Gasteiger partial charge < -0.3 is 4.74 Å². The van der Waals surface area contributed by atoms with Gasteiger partial charge in [-0.25, -0.2) is 4.39 Å². The number of halogens is 3. The van der Waals surface area contributed by atoms with Gasteiger partial charge in [-0.15, -0.1) is 0 Å². The Morgan fingerprint density at radius 1 is 1.00 bits per heavy atom. The summed E-state index contributed by atoms with van der Waals surface area (Å²) in [6.45, 7) is 3.99. The van der Waals surface area contributed by atoms with Crippen LogP contribution in [0.15, 0.2) is 30.3 Å². The summed E-state index contributed by atoms with van der Waals surface area (Å²) in [7, 11) is 0. The Labute approximate surface area is 147 Å². The molecule has 1 nitrogen and oxygen atoms in total. The molecule has 0 amide bonds. The van der Waals surface area contributed by atoms with E-state index < -0.39 is 12.0 Å². The molecule has 2 aromatic rings. The predicted molar refractivity (Wildman–Crippen MR) is 94.6 cm³/mol. The summed E-state index contributed by atoms with van der Waals surface area (Å²) < 4.78 is 48.1. The van der Waals surface area contributed by atoms with Crippen molar-refractivity contribution in [2.24, 2.45) is 11.8 Å². The van der Waals surface area contributed by atoms with Gasteiger partial charge in [0.25, 0.3) is 0 Å². The zero-order valence-electron chi connectivity index (χ0n) is 14.8. The fraction of sp³-hybridized carbons (Fsp3) is 0.524. The molecule has 1 aliphatic carbocycles. The van der Waals surface area contributed by atoms with Crippen molar-refractivity contribution in [3.8, 4) is 5.75 Å². The Morgan fingerprint density at radius 2 is 1.72 bits per heavy atom. The third-order valence-electron chi connectivity index (χ3n) is 5.51. The Kier molecular flexibility index (Phi) is 5.26. The summed E-state index contributed by atoms with van der Waals surface area (Å²) in [5, 5.41) is 1.41. The lowest BCUT2D eigenvalue weighted by Gasteiger charge is -2.33. The molecule has 2 aromatic carbocycles. The van der Waals surface area contributed by atoms with Crippen LogP contribution in [0, 0.1) is 17.7 Å². The second-order valence-corrected chi connectivity index (χ2v) is 7.10. The first-order valence-electron chi connectivity index (χ1n) is 9.22. The van der Waals surface area contributed by atoms with E-state index in [0.29, 0.717) is 36.1 Å². The van der Waals surface area contributed by atoms with Crippen LogP contribution in [0.1, 0.15) is 51.5 Å². The molecule has 1 fully saturated rings.